The van der Waals surface area contributed by atoms with Crippen LogP contribution in [0.3, 0.4) is 0 Å². The summed E-state index contributed by atoms with van der Waals surface area (Å²) in [5.41, 5.74) is 3.33. The number of hydrogen-bond donors (Lipinski definition) is 1. The molecule has 2 heterocycles. The molecule has 0 atom stereocenters. The summed E-state index contributed by atoms with van der Waals surface area (Å²) in [6.45, 7) is 0. The van der Waals surface area contributed by atoms with Crippen molar-refractivity contribution in [3.8, 4) is 45.6 Å². The Hall–Kier alpha value is -3.61. The highest BCUT2D eigenvalue weighted by molar-refractivity contribution is 5.76. The normalized spacial score (nSPS) is 10.7. The molecule has 0 radical (unpaired) electrons. The Kier molecular flexibility index (Phi) is 4.10. The average molecular weight is 348 g/mol. The first-order valence-corrected chi connectivity index (χ1v) is 7.95. The number of ether oxygens (including phenoxy) is 2. The highest BCUT2D eigenvalue weighted by atomic mass is 16.5. The SMILES string of the molecule is COc1ccc(-c2noc(-c3cn[nH]c3-c3ccccc3)n2)cc1OC. The van der Waals surface area contributed by atoms with Gasteiger partial charge in [0.1, 0.15) is 0 Å². The number of aromatic amines is 1. The van der Waals surface area contributed by atoms with Crippen LogP contribution in [0.5, 0.6) is 11.5 Å². The van der Waals surface area contributed by atoms with E-state index in [1.54, 1.807) is 32.5 Å². The van der Waals surface area contributed by atoms with Gasteiger partial charge in [-0.2, -0.15) is 10.1 Å². The maximum absolute atomic E-state index is 5.46. The lowest BCUT2D eigenvalue weighted by molar-refractivity contribution is 0.355. The summed E-state index contributed by atoms with van der Waals surface area (Å²) >= 11 is 0. The Morgan fingerprint density at radius 1 is 0.923 bits per heavy atom. The van der Waals surface area contributed by atoms with Gasteiger partial charge < -0.3 is 14.0 Å². The minimum Gasteiger partial charge on any atom is -0.493 e. The van der Waals surface area contributed by atoms with Crippen LogP contribution in [0.1, 0.15) is 0 Å². The average Bonchev–Trinajstić information content (AvgIpc) is 3.37. The van der Waals surface area contributed by atoms with E-state index in [-0.39, 0.29) is 0 Å². The molecule has 0 unspecified atom stereocenters. The molecular formula is C19H16N4O3. The van der Waals surface area contributed by atoms with Crippen molar-refractivity contribution in [2.75, 3.05) is 14.2 Å². The number of nitrogens with zero attached hydrogens (tertiary/aromatic N) is 3. The largest absolute Gasteiger partial charge is 0.493 e. The van der Waals surface area contributed by atoms with Gasteiger partial charge >= 0.3 is 0 Å². The first kappa shape index (κ1) is 15.9. The van der Waals surface area contributed by atoms with Crippen LogP contribution in [0, 0.1) is 0 Å². The molecule has 4 aromatic rings. The van der Waals surface area contributed by atoms with E-state index in [9.17, 15) is 0 Å². The second-order valence-corrected chi connectivity index (χ2v) is 5.52. The van der Waals surface area contributed by atoms with Gasteiger partial charge in [0, 0.05) is 11.1 Å². The summed E-state index contributed by atoms with van der Waals surface area (Å²) in [5.74, 6) is 2.09. The standard InChI is InChI=1S/C19H16N4O3/c1-24-15-9-8-13(10-16(15)25-2)18-21-19(26-23-18)14-11-20-22-17(14)12-6-4-3-5-7-12/h3-11H,1-2H3,(H,20,22). The molecule has 0 saturated carbocycles. The highest BCUT2D eigenvalue weighted by Crippen LogP contribution is 2.33. The number of H-pyrrole nitrogens is 1. The molecule has 0 amide bonds. The molecule has 0 fully saturated rings. The quantitative estimate of drug-likeness (QED) is 0.590. The smallest absolute Gasteiger partial charge is 0.262 e. The predicted molar refractivity (Wildman–Crippen MR) is 95.9 cm³/mol. The van der Waals surface area contributed by atoms with Crippen LogP contribution in [0.2, 0.25) is 0 Å². The van der Waals surface area contributed by atoms with Crippen molar-refractivity contribution >= 4 is 0 Å². The third-order valence-corrected chi connectivity index (χ3v) is 4.00. The second kappa shape index (κ2) is 6.72. The molecular weight excluding hydrogens is 332 g/mol. The summed E-state index contributed by atoms with van der Waals surface area (Å²) in [5, 5.41) is 11.2. The van der Waals surface area contributed by atoms with Crippen molar-refractivity contribution in [1.29, 1.82) is 0 Å². The summed E-state index contributed by atoms with van der Waals surface area (Å²) in [6.07, 6.45) is 1.67. The Morgan fingerprint density at radius 2 is 1.73 bits per heavy atom. The lowest BCUT2D eigenvalue weighted by Crippen LogP contribution is -1.91. The van der Waals surface area contributed by atoms with Gasteiger partial charge in [0.25, 0.3) is 5.89 Å². The Bertz CT molecular complexity index is 1020. The topological polar surface area (TPSA) is 86.1 Å². The number of rotatable bonds is 5. The Balaban J connectivity index is 1.71. The molecule has 0 aliphatic rings. The van der Waals surface area contributed by atoms with Gasteiger partial charge in [-0.25, -0.2) is 0 Å². The van der Waals surface area contributed by atoms with Crippen molar-refractivity contribution in [1.82, 2.24) is 20.3 Å². The monoisotopic (exact) mass is 348 g/mol. The number of hydrogen-bond acceptors (Lipinski definition) is 6. The van der Waals surface area contributed by atoms with E-state index in [1.807, 2.05) is 36.4 Å². The van der Waals surface area contributed by atoms with E-state index in [2.05, 4.69) is 20.3 Å². The van der Waals surface area contributed by atoms with Gasteiger partial charge in [-0.05, 0) is 18.2 Å². The third-order valence-electron chi connectivity index (χ3n) is 4.00. The van der Waals surface area contributed by atoms with Crippen molar-refractivity contribution in [3.63, 3.8) is 0 Å². The number of aromatic nitrogens is 4. The van der Waals surface area contributed by atoms with E-state index in [4.69, 9.17) is 14.0 Å². The summed E-state index contributed by atoms with van der Waals surface area (Å²) < 4.78 is 16.0. The van der Waals surface area contributed by atoms with Crippen molar-refractivity contribution in [2.24, 2.45) is 0 Å². The Labute approximate surface area is 149 Å². The minimum absolute atomic E-state index is 0.391. The summed E-state index contributed by atoms with van der Waals surface area (Å²) in [7, 11) is 3.18. The molecule has 4 rings (SSSR count). The molecule has 130 valence electrons. The zero-order chi connectivity index (χ0) is 17.9. The zero-order valence-corrected chi connectivity index (χ0v) is 14.3. The molecule has 1 N–H and O–H groups in total. The van der Waals surface area contributed by atoms with Gasteiger partial charge in [0.05, 0.1) is 31.7 Å². The lowest BCUT2D eigenvalue weighted by atomic mass is 10.1. The van der Waals surface area contributed by atoms with Crippen LogP contribution in [0.25, 0.3) is 34.1 Å². The van der Waals surface area contributed by atoms with Crippen molar-refractivity contribution < 1.29 is 14.0 Å². The van der Waals surface area contributed by atoms with Crippen LogP contribution in [-0.4, -0.2) is 34.6 Å². The predicted octanol–water partition coefficient (Wildman–Crippen LogP) is 3.81. The van der Waals surface area contributed by atoms with Crippen LogP contribution in [0.4, 0.5) is 0 Å². The molecule has 0 aliphatic heterocycles. The molecule has 0 saturated heterocycles. The van der Waals surface area contributed by atoms with Crippen LogP contribution < -0.4 is 9.47 Å². The van der Waals surface area contributed by atoms with E-state index < -0.39 is 0 Å². The van der Waals surface area contributed by atoms with E-state index in [0.29, 0.717) is 23.2 Å². The maximum atomic E-state index is 5.46. The first-order valence-electron chi connectivity index (χ1n) is 7.95. The molecule has 0 aliphatic carbocycles. The lowest BCUT2D eigenvalue weighted by Gasteiger charge is -2.07. The van der Waals surface area contributed by atoms with Gasteiger partial charge in [-0.15, -0.1) is 0 Å². The number of nitrogens with one attached hydrogen (secondary N) is 1. The number of methoxy groups -OCH3 is 2. The van der Waals surface area contributed by atoms with E-state index in [1.165, 1.54) is 0 Å². The summed E-state index contributed by atoms with van der Waals surface area (Å²) in [4.78, 5) is 4.51. The van der Waals surface area contributed by atoms with Crippen LogP contribution in [0.15, 0.2) is 59.3 Å². The molecule has 2 aromatic heterocycles. The molecule has 7 heteroatoms. The second-order valence-electron chi connectivity index (χ2n) is 5.52. The third kappa shape index (κ3) is 2.79. The van der Waals surface area contributed by atoms with Gasteiger partial charge in [0.2, 0.25) is 5.82 Å². The molecule has 0 spiro atoms. The zero-order valence-electron chi connectivity index (χ0n) is 14.3. The maximum Gasteiger partial charge on any atom is 0.262 e. The fourth-order valence-electron chi connectivity index (χ4n) is 2.70. The van der Waals surface area contributed by atoms with Gasteiger partial charge in [-0.1, -0.05) is 35.5 Å². The molecule has 7 nitrogen and oxygen atoms in total. The first-order chi connectivity index (χ1) is 12.8. The molecule has 26 heavy (non-hydrogen) atoms. The molecule has 0 bridgehead atoms. The van der Waals surface area contributed by atoms with Crippen LogP contribution in [-0.2, 0) is 0 Å². The Morgan fingerprint density at radius 3 is 2.50 bits per heavy atom. The van der Waals surface area contributed by atoms with Gasteiger partial charge in [0.15, 0.2) is 11.5 Å². The fourth-order valence-corrected chi connectivity index (χ4v) is 2.70. The van der Waals surface area contributed by atoms with Crippen LogP contribution >= 0.6 is 0 Å². The highest BCUT2D eigenvalue weighted by Gasteiger charge is 2.18. The van der Waals surface area contributed by atoms with E-state index >= 15 is 0 Å². The number of benzene rings is 2. The minimum atomic E-state index is 0.391. The van der Waals surface area contributed by atoms with Crippen molar-refractivity contribution in [3.05, 3.63) is 54.7 Å². The molecule has 2 aromatic carbocycles. The summed E-state index contributed by atoms with van der Waals surface area (Å²) in [6, 6.07) is 15.3. The van der Waals surface area contributed by atoms with Crippen molar-refractivity contribution in [2.45, 2.75) is 0 Å². The fraction of sp³-hybridized carbons (Fsp3) is 0.105. The van der Waals surface area contributed by atoms with E-state index in [0.717, 1.165) is 22.4 Å². The van der Waals surface area contributed by atoms with Gasteiger partial charge in [-0.3, -0.25) is 5.10 Å².